The van der Waals surface area contributed by atoms with Crippen LogP contribution in [-0.4, -0.2) is 11.8 Å². The highest BCUT2D eigenvalue weighted by atomic mass is 79.9. The summed E-state index contributed by atoms with van der Waals surface area (Å²) in [4.78, 5) is 0.584. The summed E-state index contributed by atoms with van der Waals surface area (Å²) in [6.45, 7) is 0. The zero-order valence-electron chi connectivity index (χ0n) is 10.7. The molecule has 0 saturated heterocycles. The van der Waals surface area contributed by atoms with Crippen LogP contribution in [0.2, 0.25) is 0 Å². The van der Waals surface area contributed by atoms with Crippen molar-refractivity contribution in [3.8, 4) is 0 Å². The second-order valence-electron chi connectivity index (χ2n) is 4.42. The molecule has 2 aromatic rings. The van der Waals surface area contributed by atoms with Gasteiger partial charge in [-0.05, 0) is 46.1 Å². The fraction of sp³-hybridized carbons (Fsp3) is 0.200. The highest BCUT2D eigenvalue weighted by Crippen LogP contribution is 2.25. The summed E-state index contributed by atoms with van der Waals surface area (Å²) >= 11 is 4.59. The smallest absolute Gasteiger partial charge is 0.137 e. The molecule has 2 N–H and O–H groups in total. The van der Waals surface area contributed by atoms with Gasteiger partial charge < -0.3 is 5.73 Å². The Morgan fingerprint density at radius 1 is 1.05 bits per heavy atom. The van der Waals surface area contributed by atoms with E-state index in [0.717, 1.165) is 5.56 Å². The second kappa shape index (κ2) is 7.20. The quantitative estimate of drug-likeness (QED) is 0.803. The van der Waals surface area contributed by atoms with Gasteiger partial charge in [-0.25, -0.2) is 8.78 Å². The molecule has 0 heterocycles. The van der Waals surface area contributed by atoms with E-state index in [0.29, 0.717) is 21.5 Å². The lowest BCUT2D eigenvalue weighted by molar-refractivity contribution is 0.601. The van der Waals surface area contributed by atoms with Gasteiger partial charge >= 0.3 is 0 Å². The van der Waals surface area contributed by atoms with Gasteiger partial charge in [0.15, 0.2) is 0 Å². The molecule has 5 heteroatoms. The Hall–Kier alpha value is -0.910. The Bertz CT molecular complexity index is 592. The molecule has 0 radical (unpaired) electrons. The number of benzene rings is 2. The number of halogens is 3. The van der Waals surface area contributed by atoms with Gasteiger partial charge in [0.2, 0.25) is 0 Å². The van der Waals surface area contributed by atoms with E-state index in [4.69, 9.17) is 5.73 Å². The maximum absolute atomic E-state index is 13.5. The first-order valence-corrected chi connectivity index (χ1v) is 7.91. The number of hydrogen-bond acceptors (Lipinski definition) is 2. The lowest BCUT2D eigenvalue weighted by Gasteiger charge is -2.13. The van der Waals surface area contributed by atoms with Crippen LogP contribution >= 0.6 is 27.7 Å². The van der Waals surface area contributed by atoms with Crippen molar-refractivity contribution in [2.45, 2.75) is 17.4 Å². The van der Waals surface area contributed by atoms with Crippen molar-refractivity contribution < 1.29 is 8.78 Å². The van der Waals surface area contributed by atoms with Gasteiger partial charge in [0, 0.05) is 16.7 Å². The van der Waals surface area contributed by atoms with Crippen molar-refractivity contribution in [2.24, 2.45) is 5.73 Å². The molecule has 0 amide bonds. The molecule has 0 fully saturated rings. The molecule has 0 aliphatic heterocycles. The third-order valence-electron chi connectivity index (χ3n) is 2.80. The molecule has 2 rings (SSSR count). The third kappa shape index (κ3) is 4.04. The van der Waals surface area contributed by atoms with E-state index >= 15 is 0 Å². The van der Waals surface area contributed by atoms with Crippen LogP contribution in [0, 0.1) is 11.6 Å². The number of rotatable bonds is 5. The summed E-state index contributed by atoms with van der Waals surface area (Å²) < 4.78 is 27.3. The van der Waals surface area contributed by atoms with Crippen LogP contribution in [0.25, 0.3) is 0 Å². The Morgan fingerprint density at radius 2 is 1.75 bits per heavy atom. The molecule has 106 valence electrons. The molecule has 2 aromatic carbocycles. The third-order valence-corrected chi connectivity index (χ3v) is 4.93. The van der Waals surface area contributed by atoms with Crippen molar-refractivity contribution in [3.63, 3.8) is 0 Å². The van der Waals surface area contributed by atoms with E-state index in [2.05, 4.69) is 15.9 Å². The predicted octanol–water partition coefficient (Wildman–Crippen LogP) is 4.39. The average molecular weight is 358 g/mol. The number of hydrogen-bond donors (Lipinski definition) is 1. The average Bonchev–Trinajstić information content (AvgIpc) is 2.43. The number of nitrogens with two attached hydrogens (primary N) is 1. The molecule has 1 nitrogen and oxygen atoms in total. The van der Waals surface area contributed by atoms with Crippen LogP contribution in [0.1, 0.15) is 5.56 Å². The first-order valence-electron chi connectivity index (χ1n) is 6.13. The zero-order chi connectivity index (χ0) is 14.5. The largest absolute Gasteiger partial charge is 0.327 e. The van der Waals surface area contributed by atoms with E-state index in [-0.39, 0.29) is 17.7 Å². The molecule has 0 spiro atoms. The van der Waals surface area contributed by atoms with Crippen molar-refractivity contribution in [1.82, 2.24) is 0 Å². The van der Waals surface area contributed by atoms with Crippen LogP contribution in [0.5, 0.6) is 0 Å². The minimum absolute atomic E-state index is 0.169. The summed E-state index contributed by atoms with van der Waals surface area (Å²) in [5.41, 5.74) is 6.86. The van der Waals surface area contributed by atoms with Gasteiger partial charge in [-0.3, -0.25) is 0 Å². The van der Waals surface area contributed by atoms with Crippen LogP contribution < -0.4 is 5.73 Å². The summed E-state index contributed by atoms with van der Waals surface area (Å²) in [5, 5.41) is 0. The van der Waals surface area contributed by atoms with Crippen LogP contribution in [-0.2, 0) is 6.42 Å². The second-order valence-corrected chi connectivity index (χ2v) is 6.27. The molecule has 0 aliphatic rings. The summed E-state index contributed by atoms with van der Waals surface area (Å²) in [6, 6.07) is 11.3. The monoisotopic (exact) mass is 357 g/mol. The molecule has 1 unspecified atom stereocenters. The lowest BCUT2D eigenvalue weighted by Crippen LogP contribution is -2.25. The van der Waals surface area contributed by atoms with Crippen molar-refractivity contribution in [2.75, 3.05) is 5.75 Å². The van der Waals surface area contributed by atoms with E-state index in [1.54, 1.807) is 24.3 Å². The molecular weight excluding hydrogens is 344 g/mol. The molecule has 1 atom stereocenters. The van der Waals surface area contributed by atoms with Crippen molar-refractivity contribution >= 4 is 27.7 Å². The maximum Gasteiger partial charge on any atom is 0.137 e. The summed E-state index contributed by atoms with van der Waals surface area (Å²) in [6.07, 6.45) is 0.541. The van der Waals surface area contributed by atoms with E-state index in [1.807, 2.05) is 6.07 Å². The lowest BCUT2D eigenvalue weighted by atomic mass is 10.1. The SMILES string of the molecule is NC(CSc1ccccc1F)Cc1cccc(F)c1Br. The van der Waals surface area contributed by atoms with Crippen LogP contribution in [0.3, 0.4) is 0 Å². The van der Waals surface area contributed by atoms with E-state index in [9.17, 15) is 8.78 Å². The Balaban J connectivity index is 1.94. The van der Waals surface area contributed by atoms with Crippen molar-refractivity contribution in [1.29, 1.82) is 0 Å². The van der Waals surface area contributed by atoms with E-state index < -0.39 is 0 Å². The fourth-order valence-electron chi connectivity index (χ4n) is 1.81. The zero-order valence-corrected chi connectivity index (χ0v) is 13.1. The van der Waals surface area contributed by atoms with Gasteiger partial charge in [0.1, 0.15) is 11.6 Å². The fourth-order valence-corrected chi connectivity index (χ4v) is 3.12. The Morgan fingerprint density at radius 3 is 2.50 bits per heavy atom. The van der Waals surface area contributed by atoms with Gasteiger partial charge in [-0.1, -0.05) is 24.3 Å². The topological polar surface area (TPSA) is 26.0 Å². The van der Waals surface area contributed by atoms with Gasteiger partial charge in [0.25, 0.3) is 0 Å². The standard InChI is InChI=1S/C15H14BrF2NS/c16-15-10(4-3-6-13(15)18)8-11(19)9-20-14-7-2-1-5-12(14)17/h1-7,11H,8-9,19H2. The minimum atomic E-state index is -0.295. The summed E-state index contributed by atoms with van der Waals surface area (Å²) in [7, 11) is 0. The Labute approximate surface area is 129 Å². The van der Waals surface area contributed by atoms with Gasteiger partial charge in [-0.2, -0.15) is 0 Å². The summed E-state index contributed by atoms with van der Waals surface area (Å²) in [5.74, 6) is 0.0391. The van der Waals surface area contributed by atoms with Crippen LogP contribution in [0.15, 0.2) is 51.8 Å². The van der Waals surface area contributed by atoms with Crippen LogP contribution in [0.4, 0.5) is 8.78 Å². The molecular formula is C15H14BrF2NS. The molecule has 20 heavy (non-hydrogen) atoms. The first-order chi connectivity index (χ1) is 9.58. The predicted molar refractivity (Wildman–Crippen MR) is 82.9 cm³/mol. The molecule has 0 saturated carbocycles. The Kier molecular flexibility index (Phi) is 5.57. The molecule has 0 aliphatic carbocycles. The molecule has 0 aromatic heterocycles. The number of thioether (sulfide) groups is 1. The van der Waals surface area contributed by atoms with E-state index in [1.165, 1.54) is 23.9 Å². The highest BCUT2D eigenvalue weighted by molar-refractivity contribution is 9.10. The first kappa shape index (κ1) is 15.5. The maximum atomic E-state index is 13.5. The molecule has 0 bridgehead atoms. The minimum Gasteiger partial charge on any atom is -0.327 e. The van der Waals surface area contributed by atoms with Gasteiger partial charge in [-0.15, -0.1) is 11.8 Å². The normalized spacial score (nSPS) is 12.4. The van der Waals surface area contributed by atoms with Gasteiger partial charge in [0.05, 0.1) is 4.47 Å². The van der Waals surface area contributed by atoms with Crippen molar-refractivity contribution in [3.05, 3.63) is 64.1 Å². The highest BCUT2D eigenvalue weighted by Gasteiger charge is 2.11.